The number of carbonyl (C=O) groups excluding carboxylic acids is 1. The average molecular weight is 242 g/mol. The molecule has 1 aromatic rings. The van der Waals surface area contributed by atoms with E-state index in [2.05, 4.69) is 0 Å². The van der Waals surface area contributed by atoms with Crippen LogP contribution in [-0.2, 0) is 9.47 Å². The molecule has 0 aliphatic carbocycles. The van der Waals surface area contributed by atoms with E-state index >= 15 is 0 Å². The zero-order valence-corrected chi connectivity index (χ0v) is 9.37. The largest absolute Gasteiger partial charge is 0.456 e. The van der Waals surface area contributed by atoms with Crippen LogP contribution in [0.2, 0.25) is 5.02 Å². The molecule has 1 atom stereocenters. The Morgan fingerprint density at radius 3 is 3.00 bits per heavy atom. The van der Waals surface area contributed by atoms with Gasteiger partial charge in [-0.05, 0) is 18.2 Å². The highest BCUT2D eigenvalue weighted by Crippen LogP contribution is 2.21. The summed E-state index contributed by atoms with van der Waals surface area (Å²) in [4.78, 5) is 11.7. The van der Waals surface area contributed by atoms with E-state index in [9.17, 15) is 4.79 Å². The minimum atomic E-state index is -0.430. The molecular formula is C11H12ClNO3. The van der Waals surface area contributed by atoms with Crippen molar-refractivity contribution >= 4 is 23.3 Å². The van der Waals surface area contributed by atoms with Crippen molar-refractivity contribution in [1.29, 1.82) is 0 Å². The maximum Gasteiger partial charge on any atom is 0.340 e. The fourth-order valence-corrected chi connectivity index (χ4v) is 1.78. The quantitative estimate of drug-likeness (QED) is 0.634. The van der Waals surface area contributed by atoms with Crippen molar-refractivity contribution in [2.75, 3.05) is 18.9 Å². The molecule has 86 valence electrons. The molecule has 1 unspecified atom stereocenters. The first-order chi connectivity index (χ1) is 7.66. The predicted octanol–water partition coefficient (Wildman–Crippen LogP) is 1.87. The number of halogens is 1. The molecule has 1 saturated heterocycles. The summed E-state index contributed by atoms with van der Waals surface area (Å²) in [6.45, 7) is 1.09. The van der Waals surface area contributed by atoms with Crippen molar-refractivity contribution in [2.24, 2.45) is 0 Å². The van der Waals surface area contributed by atoms with Crippen molar-refractivity contribution in [3.05, 3.63) is 28.8 Å². The lowest BCUT2D eigenvalue weighted by atomic mass is 10.2. The number of rotatable bonds is 2. The number of nitrogen functional groups attached to an aromatic ring is 1. The van der Waals surface area contributed by atoms with Gasteiger partial charge in [0.05, 0.1) is 23.8 Å². The monoisotopic (exact) mass is 241 g/mol. The van der Waals surface area contributed by atoms with Gasteiger partial charge < -0.3 is 15.2 Å². The topological polar surface area (TPSA) is 61.6 Å². The minimum absolute atomic E-state index is 0.166. The third-order valence-corrected chi connectivity index (χ3v) is 2.69. The molecule has 1 aliphatic heterocycles. The van der Waals surface area contributed by atoms with Crippen LogP contribution in [0.3, 0.4) is 0 Å². The van der Waals surface area contributed by atoms with Gasteiger partial charge in [-0.1, -0.05) is 11.6 Å². The maximum absolute atomic E-state index is 11.7. The van der Waals surface area contributed by atoms with Crippen LogP contribution in [0.5, 0.6) is 0 Å². The van der Waals surface area contributed by atoms with E-state index in [1.54, 1.807) is 12.1 Å². The van der Waals surface area contributed by atoms with Gasteiger partial charge in [-0.3, -0.25) is 0 Å². The SMILES string of the molecule is Nc1ccc(C(=O)OC2CCOC2)c(Cl)c1. The first kappa shape index (κ1) is 11.2. The van der Waals surface area contributed by atoms with Crippen molar-refractivity contribution in [3.8, 4) is 0 Å². The molecule has 4 nitrogen and oxygen atoms in total. The third kappa shape index (κ3) is 2.46. The Bertz CT molecular complexity index is 402. The van der Waals surface area contributed by atoms with Gasteiger partial charge in [0.2, 0.25) is 0 Å². The number of nitrogens with two attached hydrogens (primary N) is 1. The van der Waals surface area contributed by atoms with Gasteiger partial charge in [-0.15, -0.1) is 0 Å². The summed E-state index contributed by atoms with van der Waals surface area (Å²) in [5.74, 6) is -0.430. The van der Waals surface area contributed by atoms with Crippen LogP contribution in [0.15, 0.2) is 18.2 Å². The third-order valence-electron chi connectivity index (χ3n) is 2.37. The second-order valence-electron chi connectivity index (χ2n) is 3.63. The summed E-state index contributed by atoms with van der Waals surface area (Å²) in [6, 6.07) is 4.72. The Morgan fingerprint density at radius 2 is 2.38 bits per heavy atom. The molecule has 1 fully saturated rings. The van der Waals surface area contributed by atoms with E-state index in [-0.39, 0.29) is 6.10 Å². The average Bonchev–Trinajstić information content (AvgIpc) is 2.70. The Kier molecular flexibility index (Phi) is 3.31. The molecule has 5 heteroatoms. The number of hydrogen-bond donors (Lipinski definition) is 1. The van der Waals surface area contributed by atoms with E-state index in [1.165, 1.54) is 6.07 Å². The molecular weight excluding hydrogens is 230 g/mol. The van der Waals surface area contributed by atoms with Crippen LogP contribution in [0.4, 0.5) is 5.69 Å². The second-order valence-corrected chi connectivity index (χ2v) is 4.04. The predicted molar refractivity (Wildman–Crippen MR) is 60.5 cm³/mol. The molecule has 1 heterocycles. The molecule has 0 aromatic heterocycles. The normalized spacial score (nSPS) is 19.7. The second kappa shape index (κ2) is 4.72. The van der Waals surface area contributed by atoms with Crippen LogP contribution < -0.4 is 5.73 Å². The van der Waals surface area contributed by atoms with Gasteiger partial charge in [-0.2, -0.15) is 0 Å². The lowest BCUT2D eigenvalue weighted by Crippen LogP contribution is -2.18. The number of esters is 1. The first-order valence-corrected chi connectivity index (χ1v) is 5.38. The van der Waals surface area contributed by atoms with E-state index in [0.29, 0.717) is 29.5 Å². The molecule has 0 amide bonds. The van der Waals surface area contributed by atoms with Crippen LogP contribution in [0.25, 0.3) is 0 Å². The highest BCUT2D eigenvalue weighted by molar-refractivity contribution is 6.33. The van der Waals surface area contributed by atoms with Gasteiger partial charge in [0.25, 0.3) is 0 Å². The van der Waals surface area contributed by atoms with Crippen molar-refractivity contribution in [1.82, 2.24) is 0 Å². The summed E-state index contributed by atoms with van der Waals surface area (Å²) in [6.07, 6.45) is 0.569. The molecule has 0 spiro atoms. The van der Waals surface area contributed by atoms with Crippen molar-refractivity contribution < 1.29 is 14.3 Å². The molecule has 16 heavy (non-hydrogen) atoms. The molecule has 1 aliphatic rings. The Hall–Kier alpha value is -1.26. The lowest BCUT2D eigenvalue weighted by Gasteiger charge is -2.11. The number of ether oxygens (including phenoxy) is 2. The fraction of sp³-hybridized carbons (Fsp3) is 0.364. The number of benzene rings is 1. The highest BCUT2D eigenvalue weighted by Gasteiger charge is 2.21. The minimum Gasteiger partial charge on any atom is -0.456 e. The molecule has 2 rings (SSSR count). The van der Waals surface area contributed by atoms with Gasteiger partial charge in [-0.25, -0.2) is 4.79 Å². The van der Waals surface area contributed by atoms with Gasteiger partial charge in [0, 0.05) is 12.1 Å². The number of anilines is 1. The van der Waals surface area contributed by atoms with Gasteiger partial charge >= 0.3 is 5.97 Å². The van der Waals surface area contributed by atoms with Crippen molar-refractivity contribution in [3.63, 3.8) is 0 Å². The van der Waals surface area contributed by atoms with E-state index in [1.807, 2.05) is 0 Å². The summed E-state index contributed by atoms with van der Waals surface area (Å²) < 4.78 is 10.3. The fourth-order valence-electron chi connectivity index (χ4n) is 1.52. The van der Waals surface area contributed by atoms with Crippen LogP contribution in [0, 0.1) is 0 Å². The van der Waals surface area contributed by atoms with Crippen molar-refractivity contribution in [2.45, 2.75) is 12.5 Å². The highest BCUT2D eigenvalue weighted by atomic mass is 35.5. The van der Waals surface area contributed by atoms with Gasteiger partial charge in [0.15, 0.2) is 0 Å². The van der Waals surface area contributed by atoms with Gasteiger partial charge in [0.1, 0.15) is 6.10 Å². The maximum atomic E-state index is 11.7. The van der Waals surface area contributed by atoms with E-state index in [4.69, 9.17) is 26.8 Å². The summed E-state index contributed by atoms with van der Waals surface area (Å²) >= 11 is 5.90. The number of hydrogen-bond acceptors (Lipinski definition) is 4. The van der Waals surface area contributed by atoms with E-state index in [0.717, 1.165) is 6.42 Å². The summed E-state index contributed by atoms with van der Waals surface area (Å²) in [7, 11) is 0. The molecule has 2 N–H and O–H groups in total. The Morgan fingerprint density at radius 1 is 1.56 bits per heavy atom. The molecule has 0 radical (unpaired) electrons. The molecule has 0 saturated carbocycles. The smallest absolute Gasteiger partial charge is 0.340 e. The standard InChI is InChI=1S/C11H12ClNO3/c12-10-5-7(13)1-2-9(10)11(14)16-8-3-4-15-6-8/h1-2,5,8H,3-4,6,13H2. The van der Waals surface area contributed by atoms with E-state index < -0.39 is 5.97 Å². The summed E-state index contributed by atoms with van der Waals surface area (Å²) in [5.41, 5.74) is 6.39. The molecule has 0 bridgehead atoms. The Balaban J connectivity index is 2.08. The zero-order valence-electron chi connectivity index (χ0n) is 8.61. The zero-order chi connectivity index (χ0) is 11.5. The Labute approximate surface area is 98.3 Å². The van der Waals surface area contributed by atoms with Crippen LogP contribution in [-0.4, -0.2) is 25.3 Å². The van der Waals surface area contributed by atoms with Crippen LogP contribution in [0.1, 0.15) is 16.8 Å². The van der Waals surface area contributed by atoms with Crippen LogP contribution >= 0.6 is 11.6 Å². The number of carbonyl (C=O) groups is 1. The lowest BCUT2D eigenvalue weighted by molar-refractivity contribution is 0.0271. The first-order valence-electron chi connectivity index (χ1n) is 5.00. The summed E-state index contributed by atoms with van der Waals surface area (Å²) in [5, 5.41) is 0.309. The molecule has 1 aromatic carbocycles.